The second kappa shape index (κ2) is 4.40. The molecular formula is C8H5BBrClF3-. The summed E-state index contributed by atoms with van der Waals surface area (Å²) in [4.78, 5) is 0. The van der Waals surface area contributed by atoms with Gasteiger partial charge in [-0.2, -0.15) is 0 Å². The molecule has 6 heteroatoms. The second-order valence-electron chi connectivity index (χ2n) is 2.66. The van der Waals surface area contributed by atoms with Crippen molar-refractivity contribution in [2.75, 3.05) is 0 Å². The molecule has 14 heavy (non-hydrogen) atoms. The highest BCUT2D eigenvalue weighted by Gasteiger charge is 2.16. The van der Waals surface area contributed by atoms with E-state index in [4.69, 9.17) is 11.6 Å². The molecule has 0 amide bonds. The number of halogens is 5. The average molecular weight is 284 g/mol. The van der Waals surface area contributed by atoms with Crippen molar-refractivity contribution in [3.05, 3.63) is 39.2 Å². The Hall–Kier alpha value is -0.415. The van der Waals surface area contributed by atoms with E-state index in [2.05, 4.69) is 15.9 Å². The van der Waals surface area contributed by atoms with Gasteiger partial charge in [0.15, 0.2) is 0 Å². The molecule has 0 spiro atoms. The Morgan fingerprint density at radius 3 is 2.43 bits per heavy atom. The minimum atomic E-state index is -4.88. The highest BCUT2D eigenvalue weighted by Crippen LogP contribution is 2.24. The maximum Gasteiger partial charge on any atom is 0.502 e. The molecule has 0 aliphatic heterocycles. The Morgan fingerprint density at radius 1 is 1.29 bits per heavy atom. The normalized spacial score (nSPS) is 12.4. The lowest BCUT2D eigenvalue weighted by Gasteiger charge is -2.06. The topological polar surface area (TPSA) is 0 Å². The molecule has 0 N–H and O–H groups in total. The van der Waals surface area contributed by atoms with Crippen LogP contribution in [0.1, 0.15) is 5.56 Å². The molecule has 0 saturated heterocycles. The van der Waals surface area contributed by atoms with Gasteiger partial charge in [0.25, 0.3) is 0 Å². The lowest BCUT2D eigenvalue weighted by atomic mass is 9.91. The van der Waals surface area contributed by atoms with Crippen LogP contribution in [0.3, 0.4) is 0 Å². The van der Waals surface area contributed by atoms with Crippen LogP contribution in [0.25, 0.3) is 6.08 Å². The summed E-state index contributed by atoms with van der Waals surface area (Å²) in [7, 11) is 0. The van der Waals surface area contributed by atoms with Gasteiger partial charge in [-0.25, -0.2) is 0 Å². The number of rotatable bonds is 2. The van der Waals surface area contributed by atoms with Crippen molar-refractivity contribution in [3.63, 3.8) is 0 Å². The molecular weight excluding hydrogens is 279 g/mol. The zero-order valence-electron chi connectivity index (χ0n) is 6.85. The molecule has 76 valence electrons. The first-order valence-corrected chi connectivity index (χ1v) is 4.90. The van der Waals surface area contributed by atoms with E-state index in [1.165, 1.54) is 6.07 Å². The predicted molar refractivity (Wildman–Crippen MR) is 57.3 cm³/mol. The van der Waals surface area contributed by atoms with E-state index in [-0.39, 0.29) is 5.98 Å². The van der Waals surface area contributed by atoms with Gasteiger partial charge in [0.1, 0.15) is 0 Å². The summed E-state index contributed by atoms with van der Waals surface area (Å²) >= 11 is 8.85. The molecule has 0 nitrogen and oxygen atoms in total. The number of hydrogen-bond acceptors (Lipinski definition) is 0. The molecule has 1 rings (SSSR count). The van der Waals surface area contributed by atoms with Crippen molar-refractivity contribution in [2.24, 2.45) is 0 Å². The summed E-state index contributed by atoms with van der Waals surface area (Å²) in [6, 6.07) is 4.61. The molecule has 0 fully saturated rings. The van der Waals surface area contributed by atoms with Crippen molar-refractivity contribution >= 4 is 40.6 Å². The summed E-state index contributed by atoms with van der Waals surface area (Å²) in [5.74, 6) is 0.236. The Labute approximate surface area is 92.9 Å². The maximum atomic E-state index is 11.9. The average Bonchev–Trinajstić information content (AvgIpc) is 2.06. The van der Waals surface area contributed by atoms with Crippen molar-refractivity contribution < 1.29 is 12.9 Å². The van der Waals surface area contributed by atoms with E-state index >= 15 is 0 Å². The Morgan fingerprint density at radius 2 is 1.93 bits per heavy atom. The monoisotopic (exact) mass is 283 g/mol. The van der Waals surface area contributed by atoms with Crippen molar-refractivity contribution in [1.82, 2.24) is 0 Å². The highest BCUT2D eigenvalue weighted by atomic mass is 79.9. The van der Waals surface area contributed by atoms with Crippen LogP contribution in [0, 0.1) is 0 Å². The largest absolute Gasteiger partial charge is 0.502 e. The third kappa shape index (κ3) is 3.76. The molecule has 0 aliphatic carbocycles. The molecule has 0 heterocycles. The molecule has 0 aromatic heterocycles. The van der Waals surface area contributed by atoms with E-state index in [1.54, 1.807) is 12.1 Å². The van der Waals surface area contributed by atoms with Crippen LogP contribution in [0.4, 0.5) is 12.9 Å². The maximum absolute atomic E-state index is 11.9. The molecule has 0 radical (unpaired) electrons. The van der Waals surface area contributed by atoms with E-state index in [0.717, 1.165) is 6.08 Å². The fourth-order valence-electron chi connectivity index (χ4n) is 0.836. The molecule has 0 bridgehead atoms. The van der Waals surface area contributed by atoms with Crippen LogP contribution in [0.15, 0.2) is 28.6 Å². The van der Waals surface area contributed by atoms with E-state index in [9.17, 15) is 12.9 Å². The van der Waals surface area contributed by atoms with Crippen LogP contribution < -0.4 is 0 Å². The Balaban J connectivity index is 2.89. The minimum Gasteiger partial charge on any atom is -0.445 e. The molecule has 0 aliphatic rings. The molecule has 0 unspecified atom stereocenters. The fraction of sp³-hybridized carbons (Fsp3) is 0. The van der Waals surface area contributed by atoms with Crippen LogP contribution in [0.2, 0.25) is 5.02 Å². The quantitative estimate of drug-likeness (QED) is 0.701. The van der Waals surface area contributed by atoms with Crippen LogP contribution in [0.5, 0.6) is 0 Å². The van der Waals surface area contributed by atoms with Gasteiger partial charge < -0.3 is 12.9 Å². The van der Waals surface area contributed by atoms with Crippen LogP contribution in [-0.4, -0.2) is 6.98 Å². The van der Waals surface area contributed by atoms with Gasteiger partial charge in [-0.3, -0.25) is 0 Å². The molecule has 1 aromatic carbocycles. The second-order valence-corrected chi connectivity index (χ2v) is 3.92. The number of hydrogen-bond donors (Lipinski definition) is 0. The van der Waals surface area contributed by atoms with Crippen molar-refractivity contribution in [3.8, 4) is 0 Å². The molecule has 0 saturated carbocycles. The lowest BCUT2D eigenvalue weighted by Crippen LogP contribution is -2.09. The standard InChI is InChI=1S/C8H5BBrClF3/c10-7-2-1-6(5-8(7)11)3-4-9(12,13)14/h1-5H/q-1/b4-3+. The summed E-state index contributed by atoms with van der Waals surface area (Å²) in [6.45, 7) is -4.88. The van der Waals surface area contributed by atoms with Crippen LogP contribution >= 0.6 is 27.5 Å². The van der Waals surface area contributed by atoms with Gasteiger partial charge in [-0.05, 0) is 33.6 Å². The summed E-state index contributed by atoms with van der Waals surface area (Å²) in [5.41, 5.74) is 0.428. The number of benzene rings is 1. The van der Waals surface area contributed by atoms with Gasteiger partial charge >= 0.3 is 6.98 Å². The van der Waals surface area contributed by atoms with Crippen molar-refractivity contribution in [1.29, 1.82) is 0 Å². The zero-order valence-corrected chi connectivity index (χ0v) is 9.20. The van der Waals surface area contributed by atoms with Gasteiger partial charge in [0, 0.05) is 4.47 Å². The highest BCUT2D eigenvalue weighted by molar-refractivity contribution is 9.10. The smallest absolute Gasteiger partial charge is 0.445 e. The Kier molecular flexibility index (Phi) is 3.67. The first kappa shape index (κ1) is 11.7. The van der Waals surface area contributed by atoms with E-state index in [0.29, 0.717) is 15.1 Å². The van der Waals surface area contributed by atoms with Crippen molar-refractivity contribution in [2.45, 2.75) is 0 Å². The van der Waals surface area contributed by atoms with Gasteiger partial charge in [-0.1, -0.05) is 23.7 Å². The van der Waals surface area contributed by atoms with E-state index in [1.807, 2.05) is 0 Å². The third-order valence-electron chi connectivity index (χ3n) is 1.45. The summed E-state index contributed by atoms with van der Waals surface area (Å²) < 4.78 is 36.2. The predicted octanol–water partition coefficient (Wildman–Crippen LogP) is 4.50. The van der Waals surface area contributed by atoms with Gasteiger partial charge in [0.2, 0.25) is 0 Å². The van der Waals surface area contributed by atoms with Crippen LogP contribution in [-0.2, 0) is 0 Å². The summed E-state index contributed by atoms with van der Waals surface area (Å²) in [6.07, 6.45) is 0.998. The first-order valence-electron chi connectivity index (χ1n) is 3.73. The van der Waals surface area contributed by atoms with Gasteiger partial charge in [0.05, 0.1) is 5.02 Å². The van der Waals surface area contributed by atoms with E-state index < -0.39 is 6.98 Å². The minimum absolute atomic E-state index is 0.236. The fourth-order valence-corrected chi connectivity index (χ4v) is 1.27. The molecule has 0 atom stereocenters. The van der Waals surface area contributed by atoms with Gasteiger partial charge in [-0.15, -0.1) is 5.98 Å². The first-order chi connectivity index (χ1) is 6.38. The Bertz CT molecular complexity index is 362. The SMILES string of the molecule is F[B-](F)(F)/C=C/c1ccc(Br)c(Cl)c1. The molecule has 1 aromatic rings. The lowest BCUT2D eigenvalue weighted by molar-refractivity contribution is 0.499. The summed E-state index contributed by atoms with van der Waals surface area (Å²) in [5, 5.41) is 0.391. The third-order valence-corrected chi connectivity index (χ3v) is 2.68. The zero-order chi connectivity index (χ0) is 10.8.